The number of benzene rings is 4. The van der Waals surface area contributed by atoms with Crippen molar-refractivity contribution in [3.63, 3.8) is 0 Å². The Labute approximate surface area is 180 Å². The number of fused-ring (bicyclic) bond motifs is 10. The van der Waals surface area contributed by atoms with Crippen molar-refractivity contribution < 1.29 is 19.0 Å². The molecule has 4 aromatic carbocycles. The first-order valence-electron chi connectivity index (χ1n) is 10.7. The highest BCUT2D eigenvalue weighted by molar-refractivity contribution is 5.95. The van der Waals surface area contributed by atoms with Crippen molar-refractivity contribution in [3.05, 3.63) is 83.9 Å². The van der Waals surface area contributed by atoms with Crippen molar-refractivity contribution in [2.24, 2.45) is 5.92 Å². The van der Waals surface area contributed by atoms with Gasteiger partial charge in [-0.25, -0.2) is 0 Å². The average Bonchev–Trinajstić information content (AvgIpc) is 2.77. The van der Waals surface area contributed by atoms with Gasteiger partial charge in [0.15, 0.2) is 0 Å². The van der Waals surface area contributed by atoms with Crippen LogP contribution in [0.1, 0.15) is 30.9 Å². The second kappa shape index (κ2) is 6.48. The number of rotatable bonds is 2. The lowest BCUT2D eigenvalue weighted by Gasteiger charge is -2.49. The Morgan fingerprint density at radius 3 is 1.87 bits per heavy atom. The molecule has 154 valence electrons. The van der Waals surface area contributed by atoms with E-state index in [-0.39, 0.29) is 11.9 Å². The Kier molecular flexibility index (Phi) is 3.82. The molecule has 4 heteroatoms. The van der Waals surface area contributed by atoms with Crippen LogP contribution in [0, 0.1) is 5.92 Å². The summed E-state index contributed by atoms with van der Waals surface area (Å²) in [5, 5.41) is 4.40. The Balaban J connectivity index is 1.74. The zero-order valence-corrected chi connectivity index (χ0v) is 17.4. The molecule has 2 aliphatic rings. The van der Waals surface area contributed by atoms with Gasteiger partial charge in [0.05, 0.1) is 6.61 Å². The van der Waals surface area contributed by atoms with E-state index in [0.29, 0.717) is 6.61 Å². The molecular formula is C27H22O4. The topological polar surface area (TPSA) is 44.8 Å². The van der Waals surface area contributed by atoms with Gasteiger partial charge in [-0.1, -0.05) is 60.7 Å². The Morgan fingerprint density at radius 1 is 0.839 bits per heavy atom. The molecule has 6 rings (SSSR count). The molecule has 0 amide bonds. The number of hydrogen-bond donors (Lipinski definition) is 0. The van der Waals surface area contributed by atoms with Crippen LogP contribution in [-0.4, -0.2) is 18.4 Å². The third-order valence-electron chi connectivity index (χ3n) is 6.55. The molecule has 31 heavy (non-hydrogen) atoms. The van der Waals surface area contributed by atoms with E-state index < -0.39 is 11.7 Å². The van der Waals surface area contributed by atoms with Crippen molar-refractivity contribution in [1.82, 2.24) is 0 Å². The smallest absolute Gasteiger partial charge is 0.317 e. The van der Waals surface area contributed by atoms with Crippen LogP contribution in [0.2, 0.25) is 0 Å². The van der Waals surface area contributed by atoms with Gasteiger partial charge in [-0.2, -0.15) is 0 Å². The largest absolute Gasteiger partial charge is 0.466 e. The maximum Gasteiger partial charge on any atom is 0.317 e. The predicted molar refractivity (Wildman–Crippen MR) is 120 cm³/mol. The first-order chi connectivity index (χ1) is 15.1. The second-order valence-electron chi connectivity index (χ2n) is 8.32. The number of ether oxygens (including phenoxy) is 3. The summed E-state index contributed by atoms with van der Waals surface area (Å²) in [4.78, 5) is 13.3. The van der Waals surface area contributed by atoms with Crippen LogP contribution in [0.25, 0.3) is 21.5 Å². The first-order valence-corrected chi connectivity index (χ1v) is 10.7. The number of carbonyl (C=O) groups excluding carboxylic acids is 1. The SMILES string of the molecule is CCOC(=O)[C@@H]1C2c3c(ccc4ccccc34)OC1(C)Oc1ccc3ccccc3c12. The minimum absolute atomic E-state index is 0.242. The van der Waals surface area contributed by atoms with Gasteiger partial charge in [0, 0.05) is 24.0 Å². The molecule has 0 aliphatic carbocycles. The van der Waals surface area contributed by atoms with E-state index in [9.17, 15) is 4.79 Å². The molecule has 2 bridgehead atoms. The van der Waals surface area contributed by atoms with E-state index in [2.05, 4.69) is 36.4 Å². The van der Waals surface area contributed by atoms with Crippen molar-refractivity contribution >= 4 is 27.5 Å². The number of esters is 1. The third-order valence-corrected chi connectivity index (χ3v) is 6.55. The van der Waals surface area contributed by atoms with Crippen LogP contribution in [-0.2, 0) is 9.53 Å². The molecule has 0 saturated carbocycles. The van der Waals surface area contributed by atoms with Crippen LogP contribution in [0.5, 0.6) is 11.5 Å². The molecular weight excluding hydrogens is 388 g/mol. The quantitative estimate of drug-likeness (QED) is 0.392. The van der Waals surface area contributed by atoms with Gasteiger partial charge in [0.25, 0.3) is 5.79 Å². The maximum absolute atomic E-state index is 13.3. The lowest BCUT2D eigenvalue weighted by molar-refractivity contribution is -0.193. The molecule has 4 aromatic rings. The van der Waals surface area contributed by atoms with Gasteiger partial charge in [-0.15, -0.1) is 0 Å². The molecule has 1 atom stereocenters. The predicted octanol–water partition coefficient (Wildman–Crippen LogP) is 5.81. The molecule has 0 radical (unpaired) electrons. The summed E-state index contributed by atoms with van der Waals surface area (Å²) in [5.41, 5.74) is 2.05. The van der Waals surface area contributed by atoms with Crippen LogP contribution < -0.4 is 9.47 Å². The summed E-state index contributed by atoms with van der Waals surface area (Å²) >= 11 is 0. The normalized spacial score (nSPS) is 23.4. The molecule has 0 saturated heterocycles. The molecule has 2 aliphatic heterocycles. The lowest BCUT2D eigenvalue weighted by Crippen LogP contribution is -2.57. The van der Waals surface area contributed by atoms with E-state index in [4.69, 9.17) is 14.2 Å². The van der Waals surface area contributed by atoms with Crippen LogP contribution in [0.3, 0.4) is 0 Å². The zero-order valence-electron chi connectivity index (χ0n) is 17.4. The van der Waals surface area contributed by atoms with Gasteiger partial charge < -0.3 is 14.2 Å². The standard InChI is InChI=1S/C27H22O4/c1-3-29-26(28)25-24-22-18-10-6-4-8-16(18)12-14-20(22)30-27(25,2)31-21-15-13-17-9-5-7-11-19(17)23(21)24/h4-15,24-25H,3H2,1-2H3/t24?,25-,27?/m0/s1. The highest BCUT2D eigenvalue weighted by atomic mass is 16.7. The summed E-state index contributed by atoms with van der Waals surface area (Å²) < 4.78 is 18.4. The summed E-state index contributed by atoms with van der Waals surface area (Å²) in [6.07, 6.45) is 0. The zero-order chi connectivity index (χ0) is 21.2. The van der Waals surface area contributed by atoms with Crippen molar-refractivity contribution in [1.29, 1.82) is 0 Å². The highest BCUT2D eigenvalue weighted by Crippen LogP contribution is 2.58. The Hall–Kier alpha value is -3.53. The molecule has 0 fully saturated rings. The minimum atomic E-state index is -1.15. The lowest BCUT2D eigenvalue weighted by atomic mass is 9.70. The van der Waals surface area contributed by atoms with Crippen LogP contribution in [0.4, 0.5) is 0 Å². The van der Waals surface area contributed by atoms with E-state index in [1.54, 1.807) is 0 Å². The molecule has 0 N–H and O–H groups in total. The summed E-state index contributed by atoms with van der Waals surface area (Å²) in [6, 6.07) is 24.6. The Bertz CT molecular complexity index is 1270. The molecule has 2 heterocycles. The average molecular weight is 410 g/mol. The van der Waals surface area contributed by atoms with E-state index >= 15 is 0 Å². The monoisotopic (exact) mass is 410 g/mol. The molecule has 0 unspecified atom stereocenters. The fourth-order valence-corrected chi connectivity index (χ4v) is 5.32. The van der Waals surface area contributed by atoms with Gasteiger partial charge in [-0.05, 0) is 40.6 Å². The van der Waals surface area contributed by atoms with E-state index in [0.717, 1.165) is 44.2 Å². The van der Waals surface area contributed by atoms with E-state index in [1.165, 1.54) is 0 Å². The Morgan fingerprint density at radius 2 is 1.35 bits per heavy atom. The van der Waals surface area contributed by atoms with Crippen molar-refractivity contribution in [2.75, 3.05) is 6.61 Å². The van der Waals surface area contributed by atoms with E-state index in [1.807, 2.05) is 50.2 Å². The third kappa shape index (κ3) is 2.51. The summed E-state index contributed by atoms with van der Waals surface area (Å²) in [6.45, 7) is 3.98. The van der Waals surface area contributed by atoms with Crippen LogP contribution >= 0.6 is 0 Å². The fourth-order valence-electron chi connectivity index (χ4n) is 5.32. The first kappa shape index (κ1) is 18.3. The maximum atomic E-state index is 13.3. The minimum Gasteiger partial charge on any atom is -0.466 e. The molecule has 0 aromatic heterocycles. The number of carbonyl (C=O) groups is 1. The second-order valence-corrected chi connectivity index (χ2v) is 8.32. The van der Waals surface area contributed by atoms with Gasteiger partial charge in [0.2, 0.25) is 0 Å². The van der Waals surface area contributed by atoms with Crippen molar-refractivity contribution in [3.8, 4) is 11.5 Å². The number of hydrogen-bond acceptors (Lipinski definition) is 4. The van der Waals surface area contributed by atoms with Crippen LogP contribution in [0.15, 0.2) is 72.8 Å². The fraction of sp³-hybridized carbons (Fsp3) is 0.222. The van der Waals surface area contributed by atoms with Gasteiger partial charge in [-0.3, -0.25) is 4.79 Å². The molecule has 0 spiro atoms. The van der Waals surface area contributed by atoms with Gasteiger partial charge in [0.1, 0.15) is 17.4 Å². The summed E-state index contributed by atoms with van der Waals surface area (Å²) in [5.74, 6) is -0.803. The highest BCUT2D eigenvalue weighted by Gasteiger charge is 2.58. The van der Waals surface area contributed by atoms with Gasteiger partial charge >= 0.3 is 5.97 Å². The van der Waals surface area contributed by atoms with Crippen molar-refractivity contribution in [2.45, 2.75) is 25.6 Å². The summed E-state index contributed by atoms with van der Waals surface area (Å²) in [7, 11) is 0. The molecule has 4 nitrogen and oxygen atoms in total.